The van der Waals surface area contributed by atoms with Crippen LogP contribution in [0, 0.1) is 0 Å². The fourth-order valence-corrected chi connectivity index (χ4v) is 5.82. The Morgan fingerprint density at radius 2 is 1.44 bits per heavy atom. The molecule has 0 aliphatic carbocycles. The van der Waals surface area contributed by atoms with Gasteiger partial charge in [0.1, 0.15) is 5.52 Å². The molecule has 4 heterocycles. The molecule has 1 aliphatic rings. The number of rotatable bonds is 2. The Balaban J connectivity index is 1.61. The summed E-state index contributed by atoms with van der Waals surface area (Å²) in [6.45, 7) is 0.776. The van der Waals surface area contributed by atoms with E-state index in [1.165, 1.54) is 21.7 Å². The maximum absolute atomic E-state index is 4.90. The summed E-state index contributed by atoms with van der Waals surface area (Å²) in [5.74, 6) is 0. The highest BCUT2D eigenvalue weighted by molar-refractivity contribution is 6.20. The van der Waals surface area contributed by atoms with Crippen LogP contribution in [-0.2, 0) is 6.42 Å². The number of aliphatic imine (C=N–C) groups is 1. The van der Waals surface area contributed by atoms with Gasteiger partial charge in [-0.3, -0.25) is 9.56 Å². The summed E-state index contributed by atoms with van der Waals surface area (Å²) in [5, 5.41) is 14.5. The quantitative estimate of drug-likeness (QED) is 0.288. The summed E-state index contributed by atoms with van der Waals surface area (Å²) in [5.41, 5.74) is 8.59. The van der Waals surface area contributed by atoms with Crippen molar-refractivity contribution >= 4 is 50.0 Å². The highest BCUT2D eigenvalue weighted by atomic mass is 15.2. The zero-order chi connectivity index (χ0) is 23.6. The van der Waals surface area contributed by atoms with Gasteiger partial charge in [0.2, 0.25) is 0 Å². The maximum atomic E-state index is 4.90. The molecule has 3 aromatic heterocycles. The van der Waals surface area contributed by atoms with Crippen molar-refractivity contribution < 1.29 is 0 Å². The molecule has 0 radical (unpaired) electrons. The predicted molar refractivity (Wildman–Crippen MR) is 147 cm³/mol. The number of fused-ring (bicyclic) bond motifs is 8. The fourth-order valence-electron chi connectivity index (χ4n) is 5.82. The molecule has 5 nitrogen and oxygen atoms in total. The van der Waals surface area contributed by atoms with Gasteiger partial charge in [0.25, 0.3) is 0 Å². The largest absolute Gasteiger partial charge is 0.306 e. The third-order valence-corrected chi connectivity index (χ3v) is 7.34. The Labute approximate surface area is 207 Å². The molecular weight excluding hydrogens is 442 g/mol. The molecule has 0 bridgehead atoms. The topological polar surface area (TPSA) is 48.0 Å². The van der Waals surface area contributed by atoms with E-state index < -0.39 is 0 Å². The van der Waals surface area contributed by atoms with Crippen molar-refractivity contribution in [2.75, 3.05) is 6.54 Å². The van der Waals surface area contributed by atoms with Crippen LogP contribution < -0.4 is 0 Å². The van der Waals surface area contributed by atoms with Crippen molar-refractivity contribution in [2.24, 2.45) is 4.99 Å². The van der Waals surface area contributed by atoms with Gasteiger partial charge in [-0.2, -0.15) is 0 Å². The highest BCUT2D eigenvalue weighted by Gasteiger charge is 2.26. The van der Waals surface area contributed by atoms with Crippen LogP contribution in [0.5, 0.6) is 0 Å². The molecule has 170 valence electrons. The summed E-state index contributed by atoms with van der Waals surface area (Å²) in [7, 11) is 0. The molecule has 0 fully saturated rings. The van der Waals surface area contributed by atoms with E-state index in [-0.39, 0.29) is 0 Å². The minimum absolute atomic E-state index is 0.776. The molecule has 4 aromatic carbocycles. The van der Waals surface area contributed by atoms with E-state index in [0.29, 0.717) is 0 Å². The lowest BCUT2D eigenvalue weighted by Gasteiger charge is -2.11. The van der Waals surface area contributed by atoms with Crippen molar-refractivity contribution in [2.45, 2.75) is 6.42 Å². The summed E-state index contributed by atoms with van der Waals surface area (Å²) >= 11 is 0. The van der Waals surface area contributed by atoms with Gasteiger partial charge in [0.15, 0.2) is 5.65 Å². The Bertz CT molecular complexity index is 1990. The van der Waals surface area contributed by atoms with Gasteiger partial charge in [0.05, 0.1) is 27.8 Å². The van der Waals surface area contributed by atoms with Gasteiger partial charge in [-0.15, -0.1) is 10.2 Å². The zero-order valence-corrected chi connectivity index (χ0v) is 19.5. The monoisotopic (exact) mass is 463 g/mol. The molecule has 0 unspecified atom stereocenters. The lowest BCUT2D eigenvalue weighted by molar-refractivity contribution is 0.935. The van der Waals surface area contributed by atoms with E-state index in [2.05, 4.69) is 111 Å². The first-order valence-corrected chi connectivity index (χ1v) is 12.3. The Morgan fingerprint density at radius 3 is 2.36 bits per heavy atom. The third kappa shape index (κ3) is 2.57. The second kappa shape index (κ2) is 7.36. The fraction of sp³-hybridized carbons (Fsp3) is 0.0645. The van der Waals surface area contributed by atoms with Crippen molar-refractivity contribution in [3.05, 3.63) is 108 Å². The number of para-hydroxylation sites is 2. The van der Waals surface area contributed by atoms with Crippen LogP contribution >= 0.6 is 0 Å². The molecule has 1 aliphatic heterocycles. The second-order valence-electron chi connectivity index (χ2n) is 9.27. The summed E-state index contributed by atoms with van der Waals surface area (Å²) in [6, 6.07) is 34.1. The summed E-state index contributed by atoms with van der Waals surface area (Å²) in [6.07, 6.45) is 2.87. The summed E-state index contributed by atoms with van der Waals surface area (Å²) < 4.78 is 4.60. The first kappa shape index (κ1) is 19.5. The minimum atomic E-state index is 0.776. The first-order valence-electron chi connectivity index (χ1n) is 12.3. The predicted octanol–water partition coefficient (Wildman–Crippen LogP) is 6.65. The Kier molecular flexibility index (Phi) is 3.99. The lowest BCUT2D eigenvalue weighted by Crippen LogP contribution is -2.06. The van der Waals surface area contributed by atoms with Gasteiger partial charge < -0.3 is 4.57 Å². The lowest BCUT2D eigenvalue weighted by atomic mass is 10.1. The van der Waals surface area contributed by atoms with Crippen molar-refractivity contribution in [3.8, 4) is 11.4 Å². The molecule has 0 N–H and O–H groups in total. The zero-order valence-electron chi connectivity index (χ0n) is 19.5. The average Bonchev–Trinajstić information content (AvgIpc) is 3.46. The van der Waals surface area contributed by atoms with Crippen LogP contribution in [0.4, 0.5) is 0 Å². The van der Waals surface area contributed by atoms with Crippen LogP contribution in [0.3, 0.4) is 0 Å². The maximum Gasteiger partial charge on any atom is 0.170 e. The van der Waals surface area contributed by atoms with Crippen LogP contribution in [0.25, 0.3) is 55.1 Å². The van der Waals surface area contributed by atoms with Crippen LogP contribution in [-0.4, -0.2) is 32.1 Å². The smallest absolute Gasteiger partial charge is 0.170 e. The second-order valence-corrected chi connectivity index (χ2v) is 9.27. The van der Waals surface area contributed by atoms with Gasteiger partial charge in [-0.25, -0.2) is 0 Å². The molecule has 7 aromatic rings. The average molecular weight is 464 g/mol. The van der Waals surface area contributed by atoms with Crippen LogP contribution in [0.2, 0.25) is 0 Å². The molecule has 5 heteroatoms. The summed E-state index contributed by atoms with van der Waals surface area (Å²) in [4.78, 5) is 4.63. The Morgan fingerprint density at radius 1 is 0.667 bits per heavy atom. The van der Waals surface area contributed by atoms with E-state index in [9.17, 15) is 0 Å². The van der Waals surface area contributed by atoms with E-state index in [4.69, 9.17) is 10.2 Å². The standard InChI is InChI=1S/C31H21N5/c1-2-11-21(12-3-1)35-27-19-32-18-17-24(27)29-30(35)28-23-14-6-7-15-26(23)36(31(28)34-33-29)25-16-8-10-20-9-4-5-13-22(20)25/h1-16,19H,17-18H2. The number of hydrogen-bond acceptors (Lipinski definition) is 3. The molecule has 0 saturated carbocycles. The van der Waals surface area contributed by atoms with Crippen molar-refractivity contribution in [3.63, 3.8) is 0 Å². The number of benzene rings is 4. The van der Waals surface area contributed by atoms with Gasteiger partial charge in [-0.1, -0.05) is 72.8 Å². The van der Waals surface area contributed by atoms with Crippen molar-refractivity contribution in [1.82, 2.24) is 19.3 Å². The Hall–Kier alpha value is -4.77. The highest BCUT2D eigenvalue weighted by Crippen LogP contribution is 2.40. The van der Waals surface area contributed by atoms with E-state index >= 15 is 0 Å². The third-order valence-electron chi connectivity index (χ3n) is 7.34. The van der Waals surface area contributed by atoms with Gasteiger partial charge in [0, 0.05) is 34.8 Å². The molecule has 0 atom stereocenters. The molecule has 36 heavy (non-hydrogen) atoms. The van der Waals surface area contributed by atoms with Crippen LogP contribution in [0.1, 0.15) is 11.3 Å². The SMILES string of the molecule is C1=NCCc2c1n(-c1ccccc1)c1c2nnc2c1c1ccccc1n2-c1cccc2ccccc12. The molecule has 0 amide bonds. The van der Waals surface area contributed by atoms with Crippen molar-refractivity contribution in [1.29, 1.82) is 0 Å². The molecule has 0 spiro atoms. The molecular formula is C31H21N5. The van der Waals surface area contributed by atoms with E-state index in [0.717, 1.165) is 57.6 Å². The van der Waals surface area contributed by atoms with Crippen LogP contribution in [0.15, 0.2) is 102 Å². The minimum Gasteiger partial charge on any atom is -0.306 e. The molecule has 8 rings (SSSR count). The number of aromatic nitrogens is 4. The molecule has 0 saturated heterocycles. The number of nitrogens with zero attached hydrogens (tertiary/aromatic N) is 5. The van der Waals surface area contributed by atoms with E-state index in [1.807, 2.05) is 6.21 Å². The van der Waals surface area contributed by atoms with E-state index in [1.54, 1.807) is 0 Å². The van der Waals surface area contributed by atoms with Gasteiger partial charge >= 0.3 is 0 Å². The van der Waals surface area contributed by atoms with Gasteiger partial charge in [-0.05, 0) is 36.1 Å². The number of hydrogen-bond donors (Lipinski definition) is 0. The normalized spacial score (nSPS) is 13.2. The first-order chi connectivity index (χ1) is 17.9.